The fraction of sp³-hybridized carbons (Fsp3) is 0.818. The molecule has 16 heavy (non-hydrogen) atoms. The lowest BCUT2D eigenvalue weighted by atomic mass is 9.85. The maximum absolute atomic E-state index is 9.03. The summed E-state index contributed by atoms with van der Waals surface area (Å²) in [5.41, 5.74) is 1.74. The number of aromatic nitrogens is 2. The van der Waals surface area contributed by atoms with Gasteiger partial charge >= 0.3 is 0 Å². The molecule has 1 atom stereocenters. The summed E-state index contributed by atoms with van der Waals surface area (Å²) in [5, 5.41) is 20.0. The van der Waals surface area contributed by atoms with Crippen molar-refractivity contribution in [3.05, 3.63) is 11.4 Å². The van der Waals surface area contributed by atoms with E-state index < -0.39 is 0 Å². The Balaban J connectivity index is 2.54. The van der Waals surface area contributed by atoms with Crippen LogP contribution in [0.15, 0.2) is 4.63 Å². The minimum Gasteiger partial charge on any atom is -0.396 e. The van der Waals surface area contributed by atoms with Gasteiger partial charge in [0.1, 0.15) is 11.4 Å². The van der Waals surface area contributed by atoms with E-state index in [4.69, 9.17) is 5.11 Å². The summed E-state index contributed by atoms with van der Waals surface area (Å²) in [6.45, 7) is 9.12. The second kappa shape index (κ2) is 5.41. The van der Waals surface area contributed by atoms with Gasteiger partial charge in [-0.3, -0.25) is 0 Å². The van der Waals surface area contributed by atoms with E-state index >= 15 is 0 Å². The lowest BCUT2D eigenvalue weighted by Gasteiger charge is -2.31. The zero-order valence-electron chi connectivity index (χ0n) is 10.4. The first kappa shape index (κ1) is 13.1. The fourth-order valence-corrected chi connectivity index (χ4v) is 1.60. The molecule has 1 heterocycles. The van der Waals surface area contributed by atoms with Crippen LogP contribution in [-0.4, -0.2) is 28.1 Å². The minimum absolute atomic E-state index is 0.105. The number of nitrogens with one attached hydrogen (secondary N) is 1. The quantitative estimate of drug-likeness (QED) is 0.792. The second-order valence-corrected chi connectivity index (χ2v) is 5.11. The summed E-state index contributed by atoms with van der Waals surface area (Å²) in [6, 6.07) is 0.244. The van der Waals surface area contributed by atoms with Crippen LogP contribution < -0.4 is 5.32 Å². The molecule has 5 heteroatoms. The molecule has 0 fully saturated rings. The largest absolute Gasteiger partial charge is 0.396 e. The highest BCUT2D eigenvalue weighted by atomic mass is 16.6. The van der Waals surface area contributed by atoms with Gasteiger partial charge in [0, 0.05) is 19.2 Å². The molecule has 0 spiro atoms. The Hall–Kier alpha value is -0.940. The van der Waals surface area contributed by atoms with Crippen LogP contribution in [-0.2, 0) is 6.54 Å². The summed E-state index contributed by atoms with van der Waals surface area (Å²) >= 11 is 0. The summed E-state index contributed by atoms with van der Waals surface area (Å²) in [7, 11) is 0. The highest BCUT2D eigenvalue weighted by molar-refractivity contribution is 5.04. The maximum Gasteiger partial charge on any atom is 0.121 e. The SMILES string of the molecule is Cc1nonc1CNC(CCO)C(C)(C)C. The van der Waals surface area contributed by atoms with Gasteiger partial charge in [0.2, 0.25) is 0 Å². The molecule has 5 nitrogen and oxygen atoms in total. The Morgan fingerprint density at radius 3 is 2.50 bits per heavy atom. The lowest BCUT2D eigenvalue weighted by molar-refractivity contribution is 0.195. The predicted octanol–water partition coefficient (Wildman–Crippen LogP) is 1.26. The molecular weight excluding hydrogens is 206 g/mol. The van der Waals surface area contributed by atoms with Gasteiger partial charge < -0.3 is 10.4 Å². The van der Waals surface area contributed by atoms with Crippen molar-refractivity contribution in [3.8, 4) is 0 Å². The van der Waals surface area contributed by atoms with Gasteiger partial charge in [-0.25, -0.2) is 4.63 Å². The molecule has 0 radical (unpaired) electrons. The van der Waals surface area contributed by atoms with Crippen LogP contribution in [0.2, 0.25) is 0 Å². The highest BCUT2D eigenvalue weighted by Crippen LogP contribution is 2.22. The summed E-state index contributed by atoms with van der Waals surface area (Å²) in [5.74, 6) is 0. The maximum atomic E-state index is 9.03. The molecule has 1 aromatic heterocycles. The molecule has 1 rings (SSSR count). The third-order valence-electron chi connectivity index (χ3n) is 2.73. The van der Waals surface area contributed by atoms with Crippen molar-refractivity contribution in [2.45, 2.75) is 46.7 Å². The van der Waals surface area contributed by atoms with Gasteiger partial charge in [-0.1, -0.05) is 31.1 Å². The van der Waals surface area contributed by atoms with Crippen molar-refractivity contribution in [1.82, 2.24) is 15.6 Å². The van der Waals surface area contributed by atoms with Crippen LogP contribution in [0.25, 0.3) is 0 Å². The third kappa shape index (κ3) is 3.57. The second-order valence-electron chi connectivity index (χ2n) is 5.11. The monoisotopic (exact) mass is 227 g/mol. The van der Waals surface area contributed by atoms with Crippen molar-refractivity contribution in [2.24, 2.45) is 5.41 Å². The smallest absolute Gasteiger partial charge is 0.121 e. The molecular formula is C11H21N3O2. The van der Waals surface area contributed by atoms with Crippen molar-refractivity contribution in [2.75, 3.05) is 6.61 Å². The van der Waals surface area contributed by atoms with Crippen LogP contribution in [0.3, 0.4) is 0 Å². The van der Waals surface area contributed by atoms with Crippen molar-refractivity contribution >= 4 is 0 Å². The molecule has 2 N–H and O–H groups in total. The molecule has 0 saturated heterocycles. The van der Waals surface area contributed by atoms with Crippen LogP contribution in [0.4, 0.5) is 0 Å². The van der Waals surface area contributed by atoms with Crippen LogP contribution in [0.1, 0.15) is 38.6 Å². The molecule has 1 aromatic rings. The first-order valence-corrected chi connectivity index (χ1v) is 5.57. The van der Waals surface area contributed by atoms with Gasteiger partial charge in [0.05, 0.1) is 0 Å². The summed E-state index contributed by atoms with van der Waals surface area (Å²) in [4.78, 5) is 0. The molecule has 0 amide bonds. The average Bonchev–Trinajstić information content (AvgIpc) is 2.57. The molecule has 1 unspecified atom stereocenters. The number of aliphatic hydroxyl groups is 1. The third-order valence-corrected chi connectivity index (χ3v) is 2.73. The van der Waals surface area contributed by atoms with Crippen molar-refractivity contribution < 1.29 is 9.74 Å². The van der Waals surface area contributed by atoms with E-state index in [2.05, 4.69) is 41.0 Å². The first-order valence-electron chi connectivity index (χ1n) is 5.57. The number of hydrogen-bond acceptors (Lipinski definition) is 5. The number of nitrogens with zero attached hydrogens (tertiary/aromatic N) is 2. The Kier molecular flexibility index (Phi) is 4.44. The average molecular weight is 227 g/mol. The van der Waals surface area contributed by atoms with Crippen LogP contribution in [0.5, 0.6) is 0 Å². The van der Waals surface area contributed by atoms with E-state index in [0.29, 0.717) is 6.54 Å². The summed E-state index contributed by atoms with van der Waals surface area (Å²) in [6.07, 6.45) is 0.730. The first-order chi connectivity index (χ1) is 7.45. The zero-order valence-corrected chi connectivity index (χ0v) is 10.4. The fourth-order valence-electron chi connectivity index (χ4n) is 1.60. The molecule has 0 aromatic carbocycles. The molecule has 0 aliphatic rings. The Bertz CT molecular complexity index is 317. The van der Waals surface area contributed by atoms with Gasteiger partial charge in [-0.2, -0.15) is 0 Å². The molecule has 0 aliphatic heterocycles. The Morgan fingerprint density at radius 1 is 1.38 bits per heavy atom. The van der Waals surface area contributed by atoms with Crippen LogP contribution >= 0.6 is 0 Å². The predicted molar refractivity (Wildman–Crippen MR) is 60.8 cm³/mol. The minimum atomic E-state index is 0.105. The van der Waals surface area contributed by atoms with E-state index in [1.807, 2.05) is 6.92 Å². The molecule has 0 aliphatic carbocycles. The lowest BCUT2D eigenvalue weighted by Crippen LogP contribution is -2.40. The van der Waals surface area contributed by atoms with Crippen LogP contribution in [0, 0.1) is 12.3 Å². The zero-order chi connectivity index (χ0) is 12.2. The van der Waals surface area contributed by atoms with Gasteiger partial charge in [-0.05, 0) is 18.8 Å². The van der Waals surface area contributed by atoms with Crippen molar-refractivity contribution in [3.63, 3.8) is 0 Å². The van der Waals surface area contributed by atoms with E-state index in [1.165, 1.54) is 0 Å². The van der Waals surface area contributed by atoms with Gasteiger partial charge in [0.25, 0.3) is 0 Å². The summed E-state index contributed by atoms with van der Waals surface area (Å²) < 4.78 is 4.63. The number of aliphatic hydroxyl groups excluding tert-OH is 1. The topological polar surface area (TPSA) is 71.2 Å². The Morgan fingerprint density at radius 2 is 2.06 bits per heavy atom. The highest BCUT2D eigenvalue weighted by Gasteiger charge is 2.24. The van der Waals surface area contributed by atoms with Crippen molar-refractivity contribution in [1.29, 1.82) is 0 Å². The van der Waals surface area contributed by atoms with E-state index in [0.717, 1.165) is 17.8 Å². The number of aryl methyl sites for hydroxylation is 1. The Labute approximate surface area is 96.2 Å². The number of hydrogen-bond donors (Lipinski definition) is 2. The standard InChI is InChI=1S/C11H21N3O2/c1-8-9(14-16-13-8)7-12-10(5-6-15)11(2,3)4/h10,12,15H,5-7H2,1-4H3. The van der Waals surface area contributed by atoms with E-state index in [9.17, 15) is 0 Å². The normalized spacial score (nSPS) is 14.1. The molecule has 92 valence electrons. The van der Waals surface area contributed by atoms with Gasteiger partial charge in [0.15, 0.2) is 0 Å². The molecule has 0 saturated carbocycles. The van der Waals surface area contributed by atoms with Gasteiger partial charge in [-0.15, -0.1) is 0 Å². The van der Waals surface area contributed by atoms with E-state index in [1.54, 1.807) is 0 Å². The van der Waals surface area contributed by atoms with E-state index in [-0.39, 0.29) is 18.1 Å². The molecule has 0 bridgehead atoms. The number of rotatable bonds is 5.